The zero-order valence-corrected chi connectivity index (χ0v) is 12.8. The van der Waals surface area contributed by atoms with Crippen LogP contribution in [0.1, 0.15) is 90.9 Å². The molecule has 0 fully saturated rings. The lowest BCUT2D eigenvalue weighted by Gasteiger charge is -1.99. The molecule has 0 saturated carbocycles. The molecule has 0 aromatic heterocycles. The summed E-state index contributed by atoms with van der Waals surface area (Å²) in [7, 11) is 0. The normalized spacial score (nSPS) is 11.9. The third kappa shape index (κ3) is 15.5. The van der Waals surface area contributed by atoms with Gasteiger partial charge in [0.15, 0.2) is 0 Å². The minimum Gasteiger partial charge on any atom is -0.0885 e. The fourth-order valence-corrected chi connectivity index (χ4v) is 2.04. The Morgan fingerprint density at radius 3 is 1.17 bits per heavy atom. The second-order valence-electron chi connectivity index (χ2n) is 5.22. The molecule has 0 atom stereocenters. The van der Waals surface area contributed by atoms with Crippen LogP contribution in [0.5, 0.6) is 0 Å². The largest absolute Gasteiger partial charge is 0.0885 e. The molecule has 0 aromatic rings. The maximum absolute atomic E-state index is 2.36. The zero-order chi connectivity index (χ0) is 13.3. The molecule has 0 amide bonds. The van der Waals surface area contributed by atoms with Crippen molar-refractivity contribution in [3.8, 4) is 0 Å². The lowest BCUT2D eigenvalue weighted by atomic mass is 10.1. The zero-order valence-electron chi connectivity index (χ0n) is 12.8. The molecule has 0 saturated heterocycles. The van der Waals surface area contributed by atoms with Gasteiger partial charge < -0.3 is 0 Å². The second-order valence-corrected chi connectivity index (χ2v) is 5.22. The molecule has 0 unspecified atom stereocenters. The standard InChI is InChI=1S/C18H34/c1-3-5-7-9-11-13-15-17-18-16-14-12-10-8-6-4-2/h7-10H,3-6,11-18H2,1-2H3. The number of unbranched alkanes of at least 4 members (excludes halogenated alkanes) is 9. The smallest absolute Gasteiger partial charge is 0.0351 e. The first-order valence-corrected chi connectivity index (χ1v) is 8.21. The Balaban J connectivity index is 3.03. The molecule has 0 nitrogen and oxygen atoms in total. The van der Waals surface area contributed by atoms with Crippen LogP contribution in [0.2, 0.25) is 0 Å². The first kappa shape index (κ1) is 17.5. The van der Waals surface area contributed by atoms with Crippen molar-refractivity contribution in [2.75, 3.05) is 0 Å². The van der Waals surface area contributed by atoms with Crippen LogP contribution in [0.25, 0.3) is 0 Å². The highest BCUT2D eigenvalue weighted by molar-refractivity contribution is 4.81. The summed E-state index contributed by atoms with van der Waals surface area (Å²) in [6.07, 6.45) is 25.5. The van der Waals surface area contributed by atoms with E-state index in [0.717, 1.165) is 0 Å². The van der Waals surface area contributed by atoms with Crippen LogP contribution >= 0.6 is 0 Å². The average Bonchev–Trinajstić information content (AvgIpc) is 2.39. The van der Waals surface area contributed by atoms with Crippen LogP contribution in [-0.4, -0.2) is 0 Å². The van der Waals surface area contributed by atoms with E-state index in [1.54, 1.807) is 0 Å². The maximum atomic E-state index is 2.36. The van der Waals surface area contributed by atoms with Crippen LogP contribution in [-0.2, 0) is 0 Å². The van der Waals surface area contributed by atoms with Crippen molar-refractivity contribution in [3.05, 3.63) is 24.3 Å². The van der Waals surface area contributed by atoms with Gasteiger partial charge in [-0.05, 0) is 38.5 Å². The number of hydrogen-bond acceptors (Lipinski definition) is 0. The average molecular weight is 250 g/mol. The van der Waals surface area contributed by atoms with Crippen molar-refractivity contribution in [3.63, 3.8) is 0 Å². The van der Waals surface area contributed by atoms with Gasteiger partial charge in [-0.2, -0.15) is 0 Å². The molecule has 18 heavy (non-hydrogen) atoms. The topological polar surface area (TPSA) is 0 Å². The predicted molar refractivity (Wildman–Crippen MR) is 85.0 cm³/mol. The van der Waals surface area contributed by atoms with E-state index in [4.69, 9.17) is 0 Å². The number of rotatable bonds is 13. The molecule has 106 valence electrons. The molecule has 0 rings (SSSR count). The van der Waals surface area contributed by atoms with Crippen LogP contribution in [0, 0.1) is 0 Å². The number of hydrogen-bond donors (Lipinski definition) is 0. The van der Waals surface area contributed by atoms with Gasteiger partial charge in [0.05, 0.1) is 0 Å². The fourth-order valence-electron chi connectivity index (χ4n) is 2.04. The van der Waals surface area contributed by atoms with E-state index < -0.39 is 0 Å². The minimum absolute atomic E-state index is 1.26. The van der Waals surface area contributed by atoms with Crippen LogP contribution in [0.4, 0.5) is 0 Å². The Kier molecular flexibility index (Phi) is 16.0. The van der Waals surface area contributed by atoms with E-state index in [9.17, 15) is 0 Å². The summed E-state index contributed by atoms with van der Waals surface area (Å²) in [4.78, 5) is 0. The Morgan fingerprint density at radius 1 is 0.444 bits per heavy atom. The summed E-state index contributed by atoms with van der Waals surface area (Å²) < 4.78 is 0. The van der Waals surface area contributed by atoms with Crippen molar-refractivity contribution < 1.29 is 0 Å². The molecule has 0 aromatic carbocycles. The van der Waals surface area contributed by atoms with Crippen molar-refractivity contribution in [1.82, 2.24) is 0 Å². The Labute approximate surface area is 116 Å². The van der Waals surface area contributed by atoms with Gasteiger partial charge in [0, 0.05) is 0 Å². The van der Waals surface area contributed by atoms with Gasteiger partial charge in [0.25, 0.3) is 0 Å². The van der Waals surface area contributed by atoms with E-state index in [1.165, 1.54) is 77.0 Å². The van der Waals surface area contributed by atoms with Crippen molar-refractivity contribution in [2.45, 2.75) is 90.9 Å². The van der Waals surface area contributed by atoms with E-state index in [-0.39, 0.29) is 0 Å². The van der Waals surface area contributed by atoms with Gasteiger partial charge in [-0.25, -0.2) is 0 Å². The maximum Gasteiger partial charge on any atom is -0.0351 e. The monoisotopic (exact) mass is 250 g/mol. The summed E-state index contributed by atoms with van der Waals surface area (Å²) in [5.41, 5.74) is 0. The van der Waals surface area contributed by atoms with Gasteiger partial charge in [-0.15, -0.1) is 0 Å². The molecule has 0 spiro atoms. The lowest BCUT2D eigenvalue weighted by molar-refractivity contribution is 0.599. The molecular formula is C18H34. The van der Waals surface area contributed by atoms with Crippen LogP contribution in [0.15, 0.2) is 24.3 Å². The molecule has 0 heterocycles. The summed E-state index contributed by atoms with van der Waals surface area (Å²) in [6.45, 7) is 4.48. The molecule has 0 aliphatic heterocycles. The third-order valence-corrected chi connectivity index (χ3v) is 3.24. The molecular weight excluding hydrogens is 216 g/mol. The lowest BCUT2D eigenvalue weighted by Crippen LogP contribution is -1.79. The van der Waals surface area contributed by atoms with Crippen molar-refractivity contribution >= 4 is 0 Å². The van der Waals surface area contributed by atoms with Gasteiger partial charge in [-0.1, -0.05) is 76.7 Å². The Morgan fingerprint density at radius 2 is 0.778 bits per heavy atom. The van der Waals surface area contributed by atoms with Gasteiger partial charge in [0.2, 0.25) is 0 Å². The van der Waals surface area contributed by atoms with Crippen molar-refractivity contribution in [1.29, 1.82) is 0 Å². The van der Waals surface area contributed by atoms with E-state index in [0.29, 0.717) is 0 Å². The van der Waals surface area contributed by atoms with Gasteiger partial charge >= 0.3 is 0 Å². The first-order valence-electron chi connectivity index (χ1n) is 8.21. The summed E-state index contributed by atoms with van der Waals surface area (Å²) >= 11 is 0. The SMILES string of the molecule is CCCC=CCCCCCCCCC=CCCC. The predicted octanol–water partition coefficient (Wildman–Crippen LogP) is 6.82. The van der Waals surface area contributed by atoms with E-state index in [2.05, 4.69) is 38.2 Å². The van der Waals surface area contributed by atoms with Gasteiger partial charge in [0.1, 0.15) is 0 Å². The molecule has 0 heteroatoms. The molecule has 0 N–H and O–H groups in total. The highest BCUT2D eigenvalue weighted by Crippen LogP contribution is 2.09. The Bertz CT molecular complexity index is 166. The fraction of sp³-hybridized carbons (Fsp3) is 0.778. The Hall–Kier alpha value is -0.520. The number of allylic oxidation sites excluding steroid dienone is 4. The quantitative estimate of drug-likeness (QED) is 0.248. The molecule has 0 bridgehead atoms. The molecule has 0 aliphatic carbocycles. The summed E-state index contributed by atoms with van der Waals surface area (Å²) in [6, 6.07) is 0. The molecule has 0 aliphatic rings. The molecule has 0 radical (unpaired) electrons. The summed E-state index contributed by atoms with van der Waals surface area (Å²) in [5.74, 6) is 0. The third-order valence-electron chi connectivity index (χ3n) is 3.24. The highest BCUT2D eigenvalue weighted by Gasteiger charge is 1.89. The van der Waals surface area contributed by atoms with Gasteiger partial charge in [-0.3, -0.25) is 0 Å². The van der Waals surface area contributed by atoms with Crippen LogP contribution < -0.4 is 0 Å². The minimum atomic E-state index is 1.26. The first-order chi connectivity index (χ1) is 8.91. The van der Waals surface area contributed by atoms with Crippen molar-refractivity contribution in [2.24, 2.45) is 0 Å². The van der Waals surface area contributed by atoms with E-state index >= 15 is 0 Å². The highest BCUT2D eigenvalue weighted by atomic mass is 14.0. The second kappa shape index (κ2) is 16.5. The van der Waals surface area contributed by atoms with E-state index in [1.807, 2.05) is 0 Å². The van der Waals surface area contributed by atoms with Crippen LogP contribution in [0.3, 0.4) is 0 Å². The summed E-state index contributed by atoms with van der Waals surface area (Å²) in [5, 5.41) is 0.